The van der Waals surface area contributed by atoms with Gasteiger partial charge in [0.15, 0.2) is 12.3 Å². The van der Waals surface area contributed by atoms with Crippen LogP contribution in [0.2, 0.25) is 0 Å². The molecule has 0 bridgehead atoms. The van der Waals surface area contributed by atoms with E-state index >= 15 is 0 Å². The maximum Gasteiger partial charge on any atom is 0.257 e. The van der Waals surface area contributed by atoms with Crippen molar-refractivity contribution in [2.24, 2.45) is 12.2 Å². The summed E-state index contributed by atoms with van der Waals surface area (Å²) in [5.41, 5.74) is 3.37. The van der Waals surface area contributed by atoms with E-state index in [1.807, 2.05) is 66.7 Å². The van der Waals surface area contributed by atoms with Crippen LogP contribution in [0.15, 0.2) is 88.4 Å². The van der Waals surface area contributed by atoms with Gasteiger partial charge in [-0.15, -0.1) is 15.3 Å². The summed E-state index contributed by atoms with van der Waals surface area (Å²) < 4.78 is 13.2. The Labute approximate surface area is 213 Å². The van der Waals surface area contributed by atoms with Crippen LogP contribution in [0.4, 0.5) is 0 Å². The van der Waals surface area contributed by atoms with E-state index in [1.54, 1.807) is 7.05 Å². The molecule has 0 saturated heterocycles. The van der Waals surface area contributed by atoms with Crippen LogP contribution in [0.25, 0.3) is 11.5 Å². The number of aryl methyl sites for hydroxylation is 2. The Morgan fingerprint density at radius 2 is 1.62 bits per heavy atom. The number of nitrogens with zero attached hydrogens (tertiary/aromatic N) is 7. The Balaban J connectivity index is 1.23. The Morgan fingerprint density at radius 3 is 2.30 bits per heavy atom. The van der Waals surface area contributed by atoms with E-state index in [-0.39, 0.29) is 12.5 Å². The topological polar surface area (TPSA) is 113 Å². The van der Waals surface area contributed by atoms with Crippen LogP contribution in [-0.4, -0.2) is 36.1 Å². The number of hydrogen-bond donors (Lipinski definition) is 0. The number of benzene rings is 3. The van der Waals surface area contributed by atoms with Crippen molar-refractivity contribution in [3.8, 4) is 23.0 Å². The van der Waals surface area contributed by atoms with Crippen molar-refractivity contribution < 1.29 is 14.0 Å². The van der Waals surface area contributed by atoms with Gasteiger partial charge in [0.25, 0.3) is 5.89 Å². The van der Waals surface area contributed by atoms with Gasteiger partial charge in [-0.25, -0.2) is 4.68 Å². The summed E-state index contributed by atoms with van der Waals surface area (Å²) in [5, 5.41) is 24.0. The monoisotopic (exact) mass is 495 g/mol. The van der Waals surface area contributed by atoms with Crippen molar-refractivity contribution in [2.75, 3.05) is 0 Å². The predicted molar refractivity (Wildman–Crippen MR) is 136 cm³/mol. The summed E-state index contributed by atoms with van der Waals surface area (Å²) in [6.45, 7) is 2.16. The molecule has 3 aromatic carbocycles. The highest BCUT2D eigenvalue weighted by Gasteiger charge is 2.15. The number of aromatic nitrogens is 6. The summed E-state index contributed by atoms with van der Waals surface area (Å²) >= 11 is 0. The van der Waals surface area contributed by atoms with Crippen LogP contribution >= 0.6 is 0 Å². The highest BCUT2D eigenvalue weighted by molar-refractivity contribution is 6.10. The normalized spacial score (nSPS) is 11.5. The van der Waals surface area contributed by atoms with Gasteiger partial charge in [0.2, 0.25) is 11.7 Å². The fourth-order valence-corrected chi connectivity index (χ4v) is 3.64. The van der Waals surface area contributed by atoms with Gasteiger partial charge in [0.1, 0.15) is 11.5 Å². The van der Waals surface area contributed by atoms with Crippen LogP contribution < -0.4 is 4.74 Å². The largest absolute Gasteiger partial charge is 0.457 e. The van der Waals surface area contributed by atoms with Gasteiger partial charge in [-0.05, 0) is 58.8 Å². The van der Waals surface area contributed by atoms with Gasteiger partial charge in [0, 0.05) is 18.2 Å². The Hall–Kier alpha value is -4.86. The van der Waals surface area contributed by atoms with Gasteiger partial charge in [-0.1, -0.05) is 61.0 Å². The smallest absolute Gasteiger partial charge is 0.257 e. The number of oxime groups is 1. The minimum atomic E-state index is -0.0101. The van der Waals surface area contributed by atoms with Gasteiger partial charge in [0.05, 0.1) is 0 Å². The third-order valence-corrected chi connectivity index (χ3v) is 5.49. The van der Waals surface area contributed by atoms with Crippen molar-refractivity contribution in [2.45, 2.75) is 26.4 Å². The lowest BCUT2D eigenvalue weighted by molar-refractivity contribution is 0.111. The molecule has 0 N–H and O–H groups in total. The van der Waals surface area contributed by atoms with Gasteiger partial charge in [-0.2, -0.15) is 0 Å². The first-order valence-electron chi connectivity index (χ1n) is 11.9. The van der Waals surface area contributed by atoms with E-state index in [1.165, 1.54) is 10.2 Å². The maximum absolute atomic E-state index is 5.94. The fraction of sp³-hybridized carbons (Fsp3) is 0.185. The summed E-state index contributed by atoms with van der Waals surface area (Å²) in [7, 11) is 1.73. The third-order valence-electron chi connectivity index (χ3n) is 5.49. The zero-order valence-corrected chi connectivity index (χ0v) is 20.5. The van der Waals surface area contributed by atoms with Crippen LogP contribution in [-0.2, 0) is 24.9 Å². The fourth-order valence-electron chi connectivity index (χ4n) is 3.64. The molecule has 0 spiro atoms. The molecule has 0 amide bonds. The van der Waals surface area contributed by atoms with E-state index in [2.05, 4.69) is 49.9 Å². The molecule has 0 aliphatic heterocycles. The zero-order valence-electron chi connectivity index (χ0n) is 20.5. The standard InChI is InChI=1S/C27H25N7O3/c1-3-7-19-10-14-22(15-11-19)36-23-16-12-21(13-17-23)27-30-28-24(37-27)18-35-31-25(20-8-5-4-6-9-20)26-29-32-33-34(26)2/h4-6,8-17H,3,7,18H2,1-2H3/b31-25-. The highest BCUT2D eigenvalue weighted by Crippen LogP contribution is 2.26. The molecule has 5 rings (SSSR count). The second-order valence-corrected chi connectivity index (χ2v) is 8.23. The zero-order chi connectivity index (χ0) is 25.5. The maximum atomic E-state index is 5.94. The molecule has 0 saturated carbocycles. The molecule has 0 fully saturated rings. The van der Waals surface area contributed by atoms with E-state index in [0.29, 0.717) is 17.4 Å². The molecule has 0 aliphatic rings. The average Bonchev–Trinajstić information content (AvgIpc) is 3.58. The molecular formula is C27H25N7O3. The minimum Gasteiger partial charge on any atom is -0.457 e. The van der Waals surface area contributed by atoms with Crippen molar-refractivity contribution in [3.05, 3.63) is 102 Å². The first-order chi connectivity index (χ1) is 18.2. The van der Waals surface area contributed by atoms with Crippen molar-refractivity contribution in [3.63, 3.8) is 0 Å². The van der Waals surface area contributed by atoms with Gasteiger partial charge < -0.3 is 14.0 Å². The molecule has 37 heavy (non-hydrogen) atoms. The molecule has 5 aromatic rings. The van der Waals surface area contributed by atoms with Crippen LogP contribution in [0.5, 0.6) is 11.5 Å². The molecule has 2 aromatic heterocycles. The molecule has 0 aliphatic carbocycles. The Bertz CT molecular complexity index is 1460. The summed E-state index contributed by atoms with van der Waals surface area (Å²) in [5.74, 6) is 2.64. The lowest BCUT2D eigenvalue weighted by Crippen LogP contribution is -2.12. The number of ether oxygens (including phenoxy) is 1. The SMILES string of the molecule is CCCc1ccc(Oc2ccc(-c3nnc(CO/N=C(/c4ccccc4)c4nnnn4C)o3)cc2)cc1. The highest BCUT2D eigenvalue weighted by atomic mass is 16.6. The summed E-state index contributed by atoms with van der Waals surface area (Å²) in [6.07, 6.45) is 2.18. The van der Waals surface area contributed by atoms with E-state index in [4.69, 9.17) is 14.0 Å². The molecule has 0 unspecified atom stereocenters. The van der Waals surface area contributed by atoms with E-state index in [0.717, 1.165) is 35.5 Å². The second kappa shape index (κ2) is 11.3. The lowest BCUT2D eigenvalue weighted by Gasteiger charge is -2.07. The van der Waals surface area contributed by atoms with Crippen molar-refractivity contribution in [1.29, 1.82) is 0 Å². The average molecular weight is 496 g/mol. The molecule has 10 nitrogen and oxygen atoms in total. The summed E-state index contributed by atoms with van der Waals surface area (Å²) in [6, 6.07) is 25.1. The molecule has 10 heteroatoms. The molecule has 186 valence electrons. The van der Waals surface area contributed by atoms with Crippen molar-refractivity contribution >= 4 is 5.71 Å². The second-order valence-electron chi connectivity index (χ2n) is 8.23. The molecule has 0 atom stereocenters. The predicted octanol–water partition coefficient (Wildman–Crippen LogP) is 4.97. The first-order valence-corrected chi connectivity index (χ1v) is 11.9. The third kappa shape index (κ3) is 5.87. The molecule has 2 heterocycles. The van der Waals surface area contributed by atoms with E-state index in [9.17, 15) is 0 Å². The Morgan fingerprint density at radius 1 is 0.892 bits per heavy atom. The van der Waals surface area contributed by atoms with Gasteiger partial charge >= 0.3 is 0 Å². The number of tetrazole rings is 1. The molecular weight excluding hydrogens is 470 g/mol. The Kier molecular flexibility index (Phi) is 7.26. The summed E-state index contributed by atoms with van der Waals surface area (Å²) in [4.78, 5) is 5.54. The van der Waals surface area contributed by atoms with Crippen LogP contribution in [0, 0.1) is 0 Å². The van der Waals surface area contributed by atoms with Crippen molar-refractivity contribution in [1.82, 2.24) is 30.4 Å². The quantitative estimate of drug-likeness (QED) is 0.197. The van der Waals surface area contributed by atoms with E-state index < -0.39 is 0 Å². The first kappa shape index (κ1) is 23.9. The molecule has 0 radical (unpaired) electrons. The minimum absolute atomic E-state index is 0.0101. The number of hydrogen-bond acceptors (Lipinski definition) is 9. The van der Waals surface area contributed by atoms with Crippen LogP contribution in [0.3, 0.4) is 0 Å². The van der Waals surface area contributed by atoms with Crippen LogP contribution in [0.1, 0.15) is 36.2 Å². The number of rotatable bonds is 10. The van der Waals surface area contributed by atoms with Gasteiger partial charge in [-0.3, -0.25) is 0 Å². The lowest BCUT2D eigenvalue weighted by atomic mass is 10.1.